The molecule has 6 nitrogen and oxygen atoms in total. The van der Waals surface area contributed by atoms with Crippen LogP contribution in [0.3, 0.4) is 0 Å². The van der Waals surface area contributed by atoms with Crippen LogP contribution in [-0.2, 0) is 24.1 Å². The summed E-state index contributed by atoms with van der Waals surface area (Å²) in [6, 6.07) is 15.9. The molecule has 6 heteroatoms. The van der Waals surface area contributed by atoms with Crippen LogP contribution in [-0.4, -0.2) is 35.0 Å². The van der Waals surface area contributed by atoms with Gasteiger partial charge in [0.05, 0.1) is 11.6 Å². The molecule has 1 aliphatic carbocycles. The van der Waals surface area contributed by atoms with Crippen LogP contribution >= 0.6 is 0 Å². The number of amides is 1. The molecule has 1 aliphatic rings. The number of H-pyrrole nitrogens is 1. The number of pyridine rings is 1. The third kappa shape index (κ3) is 4.77. The van der Waals surface area contributed by atoms with Crippen molar-refractivity contribution in [2.75, 3.05) is 18.4 Å². The number of nitrogens with zero attached hydrogens (tertiary/aromatic N) is 1. The molecule has 0 saturated heterocycles. The molecule has 2 aromatic heterocycles. The molecule has 1 amide bonds. The number of aromatic nitrogens is 2. The predicted molar refractivity (Wildman–Crippen MR) is 139 cm³/mol. The summed E-state index contributed by atoms with van der Waals surface area (Å²) in [6.45, 7) is 1.51. The number of carbonyl (C=O) groups excluding carboxylic acids is 1. The van der Waals surface area contributed by atoms with Gasteiger partial charge in [0.2, 0.25) is 5.91 Å². The van der Waals surface area contributed by atoms with E-state index in [4.69, 9.17) is 10.7 Å². The standard InChI is InChI=1S/C28H33N5O/c29-23(17-19-18-32-24-12-4-1-9-20(19)24)28(34)31-16-8-7-15-30-27-21-10-2-5-13-25(21)33-26-14-6-3-11-22(26)27/h1-2,4-5,9-10,12-13,18,23,32H,3,6-8,11,14-17,29H2,(H,30,33)(H,31,34)/t23-/m0/s1. The van der Waals surface area contributed by atoms with Crippen molar-refractivity contribution in [1.82, 2.24) is 15.3 Å². The summed E-state index contributed by atoms with van der Waals surface area (Å²) in [5.41, 5.74) is 13.3. The Balaban J connectivity index is 1.10. The summed E-state index contributed by atoms with van der Waals surface area (Å²) in [4.78, 5) is 20.7. The first kappa shape index (κ1) is 22.4. The molecule has 0 spiro atoms. The Labute approximate surface area is 200 Å². The van der Waals surface area contributed by atoms with E-state index in [-0.39, 0.29) is 5.91 Å². The molecule has 5 rings (SSSR count). The molecule has 0 unspecified atom stereocenters. The first-order valence-corrected chi connectivity index (χ1v) is 12.4. The van der Waals surface area contributed by atoms with Gasteiger partial charge in [-0.25, -0.2) is 0 Å². The van der Waals surface area contributed by atoms with Crippen LogP contribution in [0.25, 0.3) is 21.8 Å². The van der Waals surface area contributed by atoms with E-state index in [0.717, 1.165) is 54.2 Å². The molecule has 2 aromatic carbocycles. The van der Waals surface area contributed by atoms with E-state index in [0.29, 0.717) is 13.0 Å². The number of aryl methyl sites for hydroxylation is 1. The van der Waals surface area contributed by atoms with Gasteiger partial charge in [-0.05, 0) is 68.2 Å². The highest BCUT2D eigenvalue weighted by Crippen LogP contribution is 2.33. The molecule has 0 aliphatic heterocycles. The lowest BCUT2D eigenvalue weighted by Gasteiger charge is -2.21. The molecule has 34 heavy (non-hydrogen) atoms. The maximum atomic E-state index is 12.5. The van der Waals surface area contributed by atoms with Crippen molar-refractivity contribution < 1.29 is 4.79 Å². The molecular formula is C28H33N5O. The van der Waals surface area contributed by atoms with Crippen LogP contribution in [0.4, 0.5) is 5.69 Å². The molecule has 2 heterocycles. The van der Waals surface area contributed by atoms with Gasteiger partial charge in [0.15, 0.2) is 0 Å². The number of hydrogen-bond acceptors (Lipinski definition) is 4. The largest absolute Gasteiger partial charge is 0.384 e. The van der Waals surface area contributed by atoms with Crippen LogP contribution < -0.4 is 16.4 Å². The van der Waals surface area contributed by atoms with E-state index in [1.54, 1.807) is 0 Å². The first-order valence-electron chi connectivity index (χ1n) is 12.4. The number of benzene rings is 2. The van der Waals surface area contributed by atoms with E-state index in [9.17, 15) is 4.79 Å². The summed E-state index contributed by atoms with van der Waals surface area (Å²) < 4.78 is 0. The minimum atomic E-state index is -0.549. The summed E-state index contributed by atoms with van der Waals surface area (Å²) in [5.74, 6) is -0.0903. The number of unbranched alkanes of at least 4 members (excludes halogenated alkanes) is 1. The van der Waals surface area contributed by atoms with E-state index < -0.39 is 6.04 Å². The molecule has 4 aromatic rings. The van der Waals surface area contributed by atoms with Gasteiger partial charge in [0.1, 0.15) is 0 Å². The van der Waals surface area contributed by atoms with E-state index >= 15 is 0 Å². The highest BCUT2D eigenvalue weighted by Gasteiger charge is 2.18. The SMILES string of the molecule is N[C@@H](Cc1c[nH]c2ccccc12)C(=O)NCCCCNc1c2c(nc3ccccc13)CCCC2. The monoisotopic (exact) mass is 455 g/mol. The third-order valence-electron chi connectivity index (χ3n) is 6.83. The Bertz CT molecular complexity index is 1290. The first-order chi connectivity index (χ1) is 16.7. The Hall–Kier alpha value is -3.38. The Morgan fingerprint density at radius 1 is 1.00 bits per heavy atom. The number of anilines is 1. The lowest BCUT2D eigenvalue weighted by molar-refractivity contribution is -0.122. The van der Waals surface area contributed by atoms with E-state index in [1.165, 1.54) is 35.2 Å². The molecule has 176 valence electrons. The van der Waals surface area contributed by atoms with Crippen LogP contribution in [0.2, 0.25) is 0 Å². The fourth-order valence-electron chi connectivity index (χ4n) is 5.01. The van der Waals surface area contributed by atoms with Crippen molar-refractivity contribution in [1.29, 1.82) is 0 Å². The second-order valence-corrected chi connectivity index (χ2v) is 9.23. The normalized spacial score (nSPS) is 14.1. The Kier molecular flexibility index (Phi) is 6.77. The zero-order valence-corrected chi connectivity index (χ0v) is 19.6. The predicted octanol–water partition coefficient (Wildman–Crippen LogP) is 4.47. The average molecular weight is 456 g/mol. The molecule has 0 saturated carbocycles. The maximum absolute atomic E-state index is 12.5. The minimum Gasteiger partial charge on any atom is -0.384 e. The second-order valence-electron chi connectivity index (χ2n) is 9.23. The van der Waals surface area contributed by atoms with Gasteiger partial charge in [0, 0.05) is 47.0 Å². The summed E-state index contributed by atoms with van der Waals surface area (Å²) in [6.07, 6.45) is 8.97. The molecule has 0 fully saturated rings. The maximum Gasteiger partial charge on any atom is 0.237 e. The number of aromatic amines is 1. The molecule has 0 radical (unpaired) electrons. The van der Waals surface area contributed by atoms with Crippen LogP contribution in [0.1, 0.15) is 42.5 Å². The molecular weight excluding hydrogens is 422 g/mol. The highest BCUT2D eigenvalue weighted by molar-refractivity contribution is 5.93. The number of carbonyl (C=O) groups is 1. The van der Waals surface area contributed by atoms with Crippen molar-refractivity contribution in [3.05, 3.63) is 71.5 Å². The second kappa shape index (κ2) is 10.3. The topological polar surface area (TPSA) is 95.8 Å². The number of para-hydroxylation sites is 2. The molecule has 0 bridgehead atoms. The van der Waals surface area contributed by atoms with Crippen molar-refractivity contribution >= 4 is 33.4 Å². The number of rotatable bonds is 9. The van der Waals surface area contributed by atoms with Gasteiger partial charge in [-0.15, -0.1) is 0 Å². The van der Waals surface area contributed by atoms with Crippen molar-refractivity contribution in [3.63, 3.8) is 0 Å². The summed E-state index contributed by atoms with van der Waals surface area (Å²) in [5, 5.41) is 9.04. The number of fused-ring (bicyclic) bond motifs is 3. The number of hydrogen-bond donors (Lipinski definition) is 4. The van der Waals surface area contributed by atoms with Crippen LogP contribution in [0.15, 0.2) is 54.7 Å². The van der Waals surface area contributed by atoms with Gasteiger partial charge >= 0.3 is 0 Å². The van der Waals surface area contributed by atoms with E-state index in [2.05, 4.69) is 45.9 Å². The van der Waals surface area contributed by atoms with Crippen LogP contribution in [0.5, 0.6) is 0 Å². The van der Waals surface area contributed by atoms with Crippen molar-refractivity contribution in [3.8, 4) is 0 Å². The van der Waals surface area contributed by atoms with Gasteiger partial charge in [-0.1, -0.05) is 36.4 Å². The van der Waals surface area contributed by atoms with Crippen molar-refractivity contribution in [2.45, 2.75) is 51.0 Å². The zero-order chi connectivity index (χ0) is 23.3. The zero-order valence-electron chi connectivity index (χ0n) is 19.6. The smallest absolute Gasteiger partial charge is 0.237 e. The third-order valence-corrected chi connectivity index (χ3v) is 6.83. The lowest BCUT2D eigenvalue weighted by atomic mass is 9.92. The highest BCUT2D eigenvalue weighted by atomic mass is 16.2. The van der Waals surface area contributed by atoms with Gasteiger partial charge in [-0.2, -0.15) is 0 Å². The van der Waals surface area contributed by atoms with Crippen molar-refractivity contribution in [2.24, 2.45) is 5.73 Å². The fourth-order valence-corrected chi connectivity index (χ4v) is 5.01. The lowest BCUT2D eigenvalue weighted by Crippen LogP contribution is -2.42. The Morgan fingerprint density at radius 2 is 1.76 bits per heavy atom. The summed E-state index contributed by atoms with van der Waals surface area (Å²) >= 11 is 0. The quantitative estimate of drug-likeness (QED) is 0.280. The van der Waals surface area contributed by atoms with E-state index in [1.807, 2.05) is 24.4 Å². The number of nitrogens with two attached hydrogens (primary N) is 1. The minimum absolute atomic E-state index is 0.0903. The Morgan fingerprint density at radius 3 is 2.68 bits per heavy atom. The van der Waals surface area contributed by atoms with Gasteiger partial charge in [-0.3, -0.25) is 9.78 Å². The van der Waals surface area contributed by atoms with Crippen LogP contribution in [0, 0.1) is 0 Å². The fraction of sp³-hybridized carbons (Fsp3) is 0.357. The molecule has 5 N–H and O–H groups in total. The van der Waals surface area contributed by atoms with Gasteiger partial charge < -0.3 is 21.4 Å². The molecule has 1 atom stereocenters. The van der Waals surface area contributed by atoms with Gasteiger partial charge in [0.25, 0.3) is 0 Å². The number of nitrogens with one attached hydrogen (secondary N) is 3. The summed E-state index contributed by atoms with van der Waals surface area (Å²) in [7, 11) is 0. The average Bonchev–Trinajstić information content (AvgIpc) is 3.28.